The number of carbonyl (C=O) groups is 2. The average Bonchev–Trinajstić information content (AvgIpc) is 2.56. The molecule has 4 heteroatoms. The Morgan fingerprint density at radius 2 is 2.00 bits per heavy atom. The van der Waals surface area contributed by atoms with Crippen LogP contribution in [0.3, 0.4) is 0 Å². The van der Waals surface area contributed by atoms with Crippen molar-refractivity contribution in [3.63, 3.8) is 0 Å². The van der Waals surface area contributed by atoms with Crippen molar-refractivity contribution in [2.45, 2.75) is 45.6 Å². The maximum atomic E-state index is 12.1. The molecule has 0 aromatic heterocycles. The summed E-state index contributed by atoms with van der Waals surface area (Å²) in [5, 5.41) is 2.77. The number of carbonyl (C=O) groups excluding carboxylic acids is 2. The van der Waals surface area contributed by atoms with Gasteiger partial charge in [0, 0.05) is 5.69 Å². The second-order valence-electron chi connectivity index (χ2n) is 5.60. The van der Waals surface area contributed by atoms with Gasteiger partial charge < -0.3 is 10.1 Å². The van der Waals surface area contributed by atoms with E-state index >= 15 is 0 Å². The normalized spacial score (nSPS) is 18.5. The van der Waals surface area contributed by atoms with E-state index in [1.54, 1.807) is 6.92 Å². The molecule has 0 saturated carbocycles. The van der Waals surface area contributed by atoms with Crippen LogP contribution in [0.4, 0.5) is 5.69 Å². The standard InChI is InChI=1S/C18H23NO3/c1-3-14-9-11-16(12-10-14)19-17(20)13(2)22-18(21)15-7-5-4-6-8-15/h4-5,9-13,15H,3,6-8H2,1-2H3,(H,19,20)/t13-,15+/m1/s1. The second-order valence-corrected chi connectivity index (χ2v) is 5.60. The van der Waals surface area contributed by atoms with Crippen LogP contribution in [0.1, 0.15) is 38.7 Å². The molecule has 1 aliphatic carbocycles. The predicted octanol–water partition coefficient (Wildman–Crippen LogP) is 3.48. The van der Waals surface area contributed by atoms with Gasteiger partial charge in [0.25, 0.3) is 5.91 Å². The summed E-state index contributed by atoms with van der Waals surface area (Å²) in [6.07, 6.45) is 6.62. The van der Waals surface area contributed by atoms with Crippen molar-refractivity contribution in [3.8, 4) is 0 Å². The van der Waals surface area contributed by atoms with E-state index in [0.717, 1.165) is 19.3 Å². The highest BCUT2D eigenvalue weighted by molar-refractivity contribution is 5.95. The first-order valence-corrected chi connectivity index (χ1v) is 7.85. The monoisotopic (exact) mass is 301 g/mol. The topological polar surface area (TPSA) is 55.4 Å². The molecule has 0 aliphatic heterocycles. The molecule has 0 spiro atoms. The smallest absolute Gasteiger partial charge is 0.310 e. The second kappa shape index (κ2) is 7.78. The van der Waals surface area contributed by atoms with Crippen LogP contribution in [-0.2, 0) is 20.7 Å². The number of aryl methyl sites for hydroxylation is 1. The van der Waals surface area contributed by atoms with Gasteiger partial charge in [-0.05, 0) is 50.3 Å². The van der Waals surface area contributed by atoms with Gasteiger partial charge in [-0.2, -0.15) is 0 Å². The van der Waals surface area contributed by atoms with Gasteiger partial charge in [0.15, 0.2) is 6.10 Å². The SMILES string of the molecule is CCc1ccc(NC(=O)[C@@H](C)OC(=O)[C@H]2CC=CCC2)cc1. The maximum Gasteiger partial charge on any atom is 0.310 e. The number of hydrogen-bond donors (Lipinski definition) is 1. The van der Waals surface area contributed by atoms with Gasteiger partial charge in [-0.1, -0.05) is 31.2 Å². The third-order valence-electron chi connectivity index (χ3n) is 3.89. The van der Waals surface area contributed by atoms with E-state index in [9.17, 15) is 9.59 Å². The molecule has 118 valence electrons. The van der Waals surface area contributed by atoms with Crippen LogP contribution in [0.15, 0.2) is 36.4 Å². The van der Waals surface area contributed by atoms with Gasteiger partial charge >= 0.3 is 5.97 Å². The molecule has 0 fully saturated rings. The minimum absolute atomic E-state index is 0.121. The van der Waals surface area contributed by atoms with E-state index in [-0.39, 0.29) is 17.8 Å². The van der Waals surface area contributed by atoms with Gasteiger partial charge in [-0.3, -0.25) is 9.59 Å². The lowest BCUT2D eigenvalue weighted by Crippen LogP contribution is -2.32. The minimum atomic E-state index is -0.788. The number of benzene rings is 1. The van der Waals surface area contributed by atoms with Crippen LogP contribution >= 0.6 is 0 Å². The van der Waals surface area contributed by atoms with Crippen molar-refractivity contribution < 1.29 is 14.3 Å². The number of allylic oxidation sites excluding steroid dienone is 2. The van der Waals surface area contributed by atoms with E-state index in [4.69, 9.17) is 4.74 Å². The molecule has 0 saturated heterocycles. The number of rotatable bonds is 5. The van der Waals surface area contributed by atoms with Gasteiger partial charge in [-0.15, -0.1) is 0 Å². The number of anilines is 1. The van der Waals surface area contributed by atoms with Crippen LogP contribution in [0, 0.1) is 5.92 Å². The molecule has 0 bridgehead atoms. The van der Waals surface area contributed by atoms with Gasteiger partial charge in [0.1, 0.15) is 0 Å². The Bertz CT molecular complexity index is 548. The van der Waals surface area contributed by atoms with Crippen LogP contribution in [-0.4, -0.2) is 18.0 Å². The Balaban J connectivity index is 1.85. The van der Waals surface area contributed by atoms with Gasteiger partial charge in [0.05, 0.1) is 5.92 Å². The summed E-state index contributed by atoms with van der Waals surface area (Å²) in [7, 11) is 0. The first-order valence-electron chi connectivity index (χ1n) is 7.85. The fraction of sp³-hybridized carbons (Fsp3) is 0.444. The minimum Gasteiger partial charge on any atom is -0.452 e. The molecular formula is C18H23NO3. The highest BCUT2D eigenvalue weighted by atomic mass is 16.5. The molecular weight excluding hydrogens is 278 g/mol. The summed E-state index contributed by atoms with van der Waals surface area (Å²) in [5.74, 6) is -0.707. The highest BCUT2D eigenvalue weighted by Crippen LogP contribution is 2.20. The number of hydrogen-bond acceptors (Lipinski definition) is 3. The first-order chi connectivity index (χ1) is 10.6. The zero-order valence-corrected chi connectivity index (χ0v) is 13.2. The zero-order valence-electron chi connectivity index (χ0n) is 13.2. The van der Waals surface area contributed by atoms with Crippen LogP contribution in [0.25, 0.3) is 0 Å². The van der Waals surface area contributed by atoms with Crippen LogP contribution in [0.2, 0.25) is 0 Å². The average molecular weight is 301 g/mol. The fourth-order valence-corrected chi connectivity index (χ4v) is 2.40. The Morgan fingerprint density at radius 3 is 2.59 bits per heavy atom. The molecule has 4 nitrogen and oxygen atoms in total. The predicted molar refractivity (Wildman–Crippen MR) is 86.5 cm³/mol. The number of ether oxygens (including phenoxy) is 1. The van der Waals surface area contributed by atoms with Crippen molar-refractivity contribution in [1.82, 2.24) is 0 Å². The highest BCUT2D eigenvalue weighted by Gasteiger charge is 2.24. The quantitative estimate of drug-likeness (QED) is 0.669. The van der Waals surface area contributed by atoms with E-state index in [2.05, 4.69) is 18.3 Å². The summed E-state index contributed by atoms with van der Waals surface area (Å²) >= 11 is 0. The summed E-state index contributed by atoms with van der Waals surface area (Å²) in [5.41, 5.74) is 1.92. The van der Waals surface area contributed by atoms with E-state index in [1.165, 1.54) is 5.56 Å². The Labute approximate surface area is 131 Å². The van der Waals surface area contributed by atoms with Crippen molar-refractivity contribution in [2.75, 3.05) is 5.32 Å². The van der Waals surface area contributed by atoms with Crippen LogP contribution < -0.4 is 5.32 Å². The van der Waals surface area contributed by atoms with E-state index in [0.29, 0.717) is 12.1 Å². The lowest BCUT2D eigenvalue weighted by atomic mass is 9.95. The summed E-state index contributed by atoms with van der Waals surface area (Å²) < 4.78 is 5.28. The lowest BCUT2D eigenvalue weighted by Gasteiger charge is -2.19. The Hall–Kier alpha value is -2.10. The lowest BCUT2D eigenvalue weighted by molar-refractivity contribution is -0.157. The molecule has 0 radical (unpaired) electrons. The first kappa shape index (κ1) is 16.3. The number of esters is 1. The molecule has 2 atom stereocenters. The van der Waals surface area contributed by atoms with Crippen molar-refractivity contribution in [1.29, 1.82) is 0 Å². The van der Waals surface area contributed by atoms with Crippen LogP contribution in [0.5, 0.6) is 0 Å². The zero-order chi connectivity index (χ0) is 15.9. The maximum absolute atomic E-state index is 12.1. The van der Waals surface area contributed by atoms with Crippen molar-refractivity contribution in [3.05, 3.63) is 42.0 Å². The molecule has 0 heterocycles. The van der Waals surface area contributed by atoms with Crippen molar-refractivity contribution in [2.24, 2.45) is 5.92 Å². The molecule has 1 amide bonds. The summed E-state index contributed by atoms with van der Waals surface area (Å²) in [6.45, 7) is 3.68. The summed E-state index contributed by atoms with van der Waals surface area (Å²) in [4.78, 5) is 24.1. The molecule has 1 aliphatic rings. The Morgan fingerprint density at radius 1 is 1.27 bits per heavy atom. The van der Waals surface area contributed by atoms with E-state index in [1.807, 2.05) is 30.3 Å². The molecule has 22 heavy (non-hydrogen) atoms. The molecule has 1 aromatic rings. The number of nitrogens with one attached hydrogen (secondary N) is 1. The molecule has 1 aromatic carbocycles. The summed E-state index contributed by atoms with van der Waals surface area (Å²) in [6, 6.07) is 7.66. The molecule has 1 N–H and O–H groups in total. The Kier molecular flexibility index (Phi) is 5.75. The third kappa shape index (κ3) is 4.45. The fourth-order valence-electron chi connectivity index (χ4n) is 2.40. The molecule has 2 rings (SSSR count). The van der Waals surface area contributed by atoms with Crippen molar-refractivity contribution >= 4 is 17.6 Å². The van der Waals surface area contributed by atoms with E-state index < -0.39 is 6.10 Å². The van der Waals surface area contributed by atoms with Gasteiger partial charge in [-0.25, -0.2) is 0 Å². The number of amides is 1. The molecule has 0 unspecified atom stereocenters. The largest absolute Gasteiger partial charge is 0.452 e. The third-order valence-corrected chi connectivity index (χ3v) is 3.89. The van der Waals surface area contributed by atoms with Gasteiger partial charge in [0.2, 0.25) is 0 Å².